The zero-order valence-corrected chi connectivity index (χ0v) is 21.1. The number of ether oxygens (including phenoxy) is 1. The first-order valence-electron chi connectivity index (χ1n) is 11.9. The molecule has 0 spiro atoms. The molecule has 6 aromatic rings. The van der Waals surface area contributed by atoms with Gasteiger partial charge in [-0.3, -0.25) is 4.79 Å². The first kappa shape index (κ1) is 22.9. The van der Waals surface area contributed by atoms with Gasteiger partial charge in [0.25, 0.3) is 5.56 Å². The molecule has 37 heavy (non-hydrogen) atoms. The van der Waals surface area contributed by atoms with Gasteiger partial charge in [0, 0.05) is 17.3 Å². The number of para-hydroxylation sites is 1. The summed E-state index contributed by atoms with van der Waals surface area (Å²) in [5.41, 5.74) is 3.18. The highest BCUT2D eigenvalue weighted by atomic mass is 32.1. The standard InChI is InChI=1S/C28H23N5O3S/c1-18(2)17-36-22-12-10-19(11-13-22)25-20(16-32(30-25)21-7-4-3-5-8-21)15-24-27(34)33-28(37-24)29-26(31-33)23-9-6-14-35-23/h3-16,18H,17H2,1-2H3/b24-15-. The van der Waals surface area contributed by atoms with Crippen LogP contribution < -0.4 is 14.8 Å². The predicted octanol–water partition coefficient (Wildman–Crippen LogP) is 4.85. The van der Waals surface area contributed by atoms with Crippen LogP contribution in [-0.4, -0.2) is 31.0 Å². The summed E-state index contributed by atoms with van der Waals surface area (Å²) in [5, 5.41) is 9.21. The number of benzene rings is 2. The third kappa shape index (κ3) is 4.56. The van der Waals surface area contributed by atoms with Crippen LogP contribution in [0.2, 0.25) is 0 Å². The summed E-state index contributed by atoms with van der Waals surface area (Å²) in [4.78, 5) is 18.2. The molecule has 8 nitrogen and oxygen atoms in total. The maximum Gasteiger partial charge on any atom is 0.291 e. The maximum absolute atomic E-state index is 13.2. The van der Waals surface area contributed by atoms with Gasteiger partial charge in [0.05, 0.1) is 23.1 Å². The van der Waals surface area contributed by atoms with Crippen molar-refractivity contribution in [2.24, 2.45) is 5.92 Å². The van der Waals surface area contributed by atoms with E-state index in [4.69, 9.17) is 14.3 Å². The molecule has 9 heteroatoms. The van der Waals surface area contributed by atoms with E-state index in [1.165, 1.54) is 15.9 Å². The summed E-state index contributed by atoms with van der Waals surface area (Å²) < 4.78 is 14.9. The monoisotopic (exact) mass is 509 g/mol. The van der Waals surface area contributed by atoms with Gasteiger partial charge in [-0.1, -0.05) is 43.4 Å². The zero-order valence-electron chi connectivity index (χ0n) is 20.2. The molecule has 0 amide bonds. The molecule has 0 atom stereocenters. The summed E-state index contributed by atoms with van der Waals surface area (Å²) in [6, 6.07) is 21.3. The van der Waals surface area contributed by atoms with Crippen LogP contribution in [0.5, 0.6) is 5.75 Å². The second-order valence-corrected chi connectivity index (χ2v) is 9.97. The minimum atomic E-state index is -0.235. The van der Waals surface area contributed by atoms with E-state index in [1.54, 1.807) is 18.4 Å². The average molecular weight is 510 g/mol. The van der Waals surface area contributed by atoms with Gasteiger partial charge in [-0.15, -0.1) is 5.10 Å². The molecule has 0 aliphatic heterocycles. The van der Waals surface area contributed by atoms with Gasteiger partial charge >= 0.3 is 0 Å². The highest BCUT2D eigenvalue weighted by Crippen LogP contribution is 2.27. The van der Waals surface area contributed by atoms with Crippen LogP contribution in [0.15, 0.2) is 88.4 Å². The third-order valence-corrected chi connectivity index (χ3v) is 6.64. The Balaban J connectivity index is 1.43. The Bertz CT molecular complexity index is 1770. The van der Waals surface area contributed by atoms with Crippen LogP contribution in [0.1, 0.15) is 19.4 Å². The van der Waals surface area contributed by atoms with Crippen molar-refractivity contribution in [2.45, 2.75) is 13.8 Å². The smallest absolute Gasteiger partial charge is 0.291 e. The average Bonchev–Trinajstić information content (AvgIpc) is 3.70. The molecule has 0 aliphatic carbocycles. The van der Waals surface area contributed by atoms with Crippen LogP contribution >= 0.6 is 11.3 Å². The van der Waals surface area contributed by atoms with Crippen molar-refractivity contribution in [3.05, 3.63) is 99.6 Å². The Morgan fingerprint density at radius 1 is 1.03 bits per heavy atom. The largest absolute Gasteiger partial charge is 0.493 e. The second-order valence-electron chi connectivity index (χ2n) is 8.97. The van der Waals surface area contributed by atoms with E-state index in [0.717, 1.165) is 28.3 Å². The molecule has 0 saturated heterocycles. The summed E-state index contributed by atoms with van der Waals surface area (Å²) in [5.74, 6) is 2.16. The molecule has 0 saturated carbocycles. The molecule has 0 unspecified atom stereocenters. The molecule has 0 N–H and O–H groups in total. The van der Waals surface area contributed by atoms with Gasteiger partial charge in [0.2, 0.25) is 10.8 Å². The van der Waals surface area contributed by atoms with Gasteiger partial charge in [-0.25, -0.2) is 4.68 Å². The van der Waals surface area contributed by atoms with E-state index in [-0.39, 0.29) is 5.56 Å². The van der Waals surface area contributed by atoms with E-state index in [0.29, 0.717) is 33.6 Å². The highest BCUT2D eigenvalue weighted by molar-refractivity contribution is 7.15. The van der Waals surface area contributed by atoms with Crippen LogP contribution in [0.25, 0.3) is 39.6 Å². The Morgan fingerprint density at radius 3 is 2.54 bits per heavy atom. The van der Waals surface area contributed by atoms with Crippen LogP contribution in [0, 0.1) is 5.92 Å². The molecule has 4 heterocycles. The van der Waals surface area contributed by atoms with Crippen molar-refractivity contribution in [3.63, 3.8) is 0 Å². The third-order valence-electron chi connectivity index (χ3n) is 5.68. The van der Waals surface area contributed by atoms with E-state index in [2.05, 4.69) is 23.9 Å². The first-order valence-corrected chi connectivity index (χ1v) is 12.7. The molecule has 0 bridgehead atoms. The molecule has 0 aliphatic rings. The Morgan fingerprint density at radius 2 is 1.84 bits per heavy atom. The lowest BCUT2D eigenvalue weighted by Gasteiger charge is -2.09. The number of fused-ring (bicyclic) bond motifs is 1. The van der Waals surface area contributed by atoms with Gasteiger partial charge in [0.1, 0.15) is 11.4 Å². The van der Waals surface area contributed by atoms with E-state index in [1.807, 2.05) is 71.6 Å². The van der Waals surface area contributed by atoms with Gasteiger partial charge < -0.3 is 9.15 Å². The van der Waals surface area contributed by atoms with Crippen molar-refractivity contribution < 1.29 is 9.15 Å². The van der Waals surface area contributed by atoms with Crippen molar-refractivity contribution >= 4 is 22.4 Å². The lowest BCUT2D eigenvalue weighted by molar-refractivity contribution is 0.271. The fourth-order valence-corrected chi connectivity index (χ4v) is 4.79. The summed E-state index contributed by atoms with van der Waals surface area (Å²) in [7, 11) is 0. The maximum atomic E-state index is 13.2. The van der Waals surface area contributed by atoms with E-state index >= 15 is 0 Å². The predicted molar refractivity (Wildman–Crippen MR) is 143 cm³/mol. The minimum Gasteiger partial charge on any atom is -0.493 e. The highest BCUT2D eigenvalue weighted by Gasteiger charge is 2.16. The minimum absolute atomic E-state index is 0.235. The Kier molecular flexibility index (Phi) is 5.90. The topological polar surface area (TPSA) is 87.4 Å². The molecule has 184 valence electrons. The zero-order chi connectivity index (χ0) is 25.4. The summed E-state index contributed by atoms with van der Waals surface area (Å²) in [6.07, 6.45) is 5.33. The number of nitrogens with zero attached hydrogens (tertiary/aromatic N) is 5. The van der Waals surface area contributed by atoms with Crippen molar-refractivity contribution in [2.75, 3.05) is 6.61 Å². The fraction of sp³-hybridized carbons (Fsp3) is 0.143. The normalized spacial score (nSPS) is 12.1. The van der Waals surface area contributed by atoms with Gasteiger partial charge in [0.15, 0.2) is 5.76 Å². The number of hydrogen-bond acceptors (Lipinski definition) is 7. The van der Waals surface area contributed by atoms with Crippen molar-refractivity contribution in [1.29, 1.82) is 0 Å². The quantitative estimate of drug-likeness (QED) is 0.306. The molecule has 2 aromatic carbocycles. The van der Waals surface area contributed by atoms with E-state index in [9.17, 15) is 4.79 Å². The number of thiazole rings is 1. The molecule has 0 radical (unpaired) electrons. The number of furan rings is 1. The molecule has 6 rings (SSSR count). The van der Waals surface area contributed by atoms with Crippen LogP contribution in [0.3, 0.4) is 0 Å². The molecular weight excluding hydrogens is 486 g/mol. The van der Waals surface area contributed by atoms with Gasteiger partial charge in [-0.05, 0) is 60.5 Å². The van der Waals surface area contributed by atoms with Crippen molar-refractivity contribution in [3.8, 4) is 34.3 Å². The number of hydrogen-bond donors (Lipinski definition) is 0. The van der Waals surface area contributed by atoms with Gasteiger partial charge in [-0.2, -0.15) is 14.6 Å². The second kappa shape index (κ2) is 9.51. The summed E-state index contributed by atoms with van der Waals surface area (Å²) >= 11 is 1.28. The summed E-state index contributed by atoms with van der Waals surface area (Å²) in [6.45, 7) is 4.89. The van der Waals surface area contributed by atoms with Crippen molar-refractivity contribution in [1.82, 2.24) is 24.4 Å². The van der Waals surface area contributed by atoms with Crippen LogP contribution in [0.4, 0.5) is 0 Å². The Labute approximate surface area is 216 Å². The molecule has 0 fully saturated rings. The fourth-order valence-electron chi connectivity index (χ4n) is 3.89. The SMILES string of the molecule is CC(C)COc1ccc(-c2nn(-c3ccccc3)cc2/C=c2\sc3nc(-c4ccco4)nn3c2=O)cc1. The van der Waals surface area contributed by atoms with Crippen LogP contribution in [-0.2, 0) is 0 Å². The first-order chi connectivity index (χ1) is 18.0. The molecule has 4 aromatic heterocycles. The number of aromatic nitrogens is 5. The van der Waals surface area contributed by atoms with E-state index < -0.39 is 0 Å². The number of rotatable bonds is 7. The lowest BCUT2D eigenvalue weighted by Crippen LogP contribution is -2.23. The lowest BCUT2D eigenvalue weighted by atomic mass is 10.1. The Hall–Kier alpha value is -4.50. The molecular formula is C28H23N5O3S.